The SMILES string of the molecule is O=C(NC1CCCC[C@H]1N1Cc2ccc(-c3noc(C(F)(F)F)n3)cc2C1=O)N1C2CCCC1COC2. The summed E-state index contributed by atoms with van der Waals surface area (Å²) in [5, 5.41) is 6.68. The van der Waals surface area contributed by atoms with Gasteiger partial charge < -0.3 is 24.4 Å². The van der Waals surface area contributed by atoms with Gasteiger partial charge in [0.25, 0.3) is 5.91 Å². The minimum absolute atomic E-state index is 0.0843. The fourth-order valence-corrected chi connectivity index (χ4v) is 6.24. The zero-order chi connectivity index (χ0) is 25.7. The number of carbonyl (C=O) groups excluding carboxylic acids is 2. The van der Waals surface area contributed by atoms with Crippen molar-refractivity contribution in [1.29, 1.82) is 0 Å². The van der Waals surface area contributed by atoms with Crippen LogP contribution in [0.25, 0.3) is 11.4 Å². The number of hydrogen-bond donors (Lipinski definition) is 1. The summed E-state index contributed by atoms with van der Waals surface area (Å²) in [6.07, 6.45) is 1.70. The topological polar surface area (TPSA) is 101 Å². The Hall–Kier alpha value is -3.15. The number of aromatic nitrogens is 2. The Kier molecular flexibility index (Phi) is 6.09. The highest BCUT2D eigenvalue weighted by atomic mass is 19.4. The second-order valence-corrected chi connectivity index (χ2v) is 10.3. The van der Waals surface area contributed by atoms with E-state index in [9.17, 15) is 22.8 Å². The molecule has 1 aromatic carbocycles. The molecule has 4 atom stereocenters. The van der Waals surface area contributed by atoms with Crippen molar-refractivity contribution in [3.63, 3.8) is 0 Å². The monoisotopic (exact) mass is 519 g/mol. The number of nitrogens with one attached hydrogen (secondary N) is 1. The molecule has 4 heterocycles. The molecular weight excluding hydrogens is 491 g/mol. The van der Waals surface area contributed by atoms with Crippen molar-refractivity contribution in [3.05, 3.63) is 35.2 Å². The largest absolute Gasteiger partial charge is 0.471 e. The number of fused-ring (bicyclic) bond motifs is 3. The van der Waals surface area contributed by atoms with Crippen LogP contribution in [0.5, 0.6) is 0 Å². The normalized spacial score (nSPS) is 27.8. The molecule has 2 saturated heterocycles. The molecule has 3 aliphatic heterocycles. The van der Waals surface area contributed by atoms with Crippen LogP contribution in [0, 0.1) is 0 Å². The summed E-state index contributed by atoms with van der Waals surface area (Å²) in [4.78, 5) is 34.0. The Morgan fingerprint density at radius 1 is 1.05 bits per heavy atom. The molecular formula is C25H28F3N5O4. The summed E-state index contributed by atoms with van der Waals surface area (Å²) in [5.74, 6) is -1.85. The van der Waals surface area contributed by atoms with E-state index >= 15 is 0 Å². The number of amides is 3. The summed E-state index contributed by atoms with van der Waals surface area (Å²) in [6, 6.07) is 4.60. The van der Waals surface area contributed by atoms with Gasteiger partial charge >= 0.3 is 18.1 Å². The lowest BCUT2D eigenvalue weighted by molar-refractivity contribution is -0.159. The van der Waals surface area contributed by atoms with E-state index in [4.69, 9.17) is 4.74 Å². The highest BCUT2D eigenvalue weighted by molar-refractivity contribution is 5.99. The summed E-state index contributed by atoms with van der Waals surface area (Å²) >= 11 is 0. The number of ether oxygens (including phenoxy) is 1. The third kappa shape index (κ3) is 4.45. The second-order valence-electron chi connectivity index (χ2n) is 10.3. The van der Waals surface area contributed by atoms with E-state index in [-0.39, 0.29) is 47.5 Å². The number of alkyl halides is 3. The minimum atomic E-state index is -4.74. The molecule has 4 aliphatic rings. The molecule has 37 heavy (non-hydrogen) atoms. The smallest absolute Gasteiger partial charge is 0.377 e. The molecule has 1 aliphatic carbocycles. The first kappa shape index (κ1) is 24.2. The minimum Gasteiger partial charge on any atom is -0.377 e. The third-order valence-electron chi connectivity index (χ3n) is 8.02. The van der Waals surface area contributed by atoms with Gasteiger partial charge in [0.15, 0.2) is 0 Å². The summed E-state index contributed by atoms with van der Waals surface area (Å²) in [5.41, 5.74) is 1.47. The fourth-order valence-electron chi connectivity index (χ4n) is 6.24. The van der Waals surface area contributed by atoms with Gasteiger partial charge in [0.1, 0.15) is 0 Å². The first-order valence-electron chi connectivity index (χ1n) is 12.8. The molecule has 3 amide bonds. The van der Waals surface area contributed by atoms with E-state index in [0.717, 1.165) is 50.5 Å². The number of nitrogens with zero attached hydrogens (tertiary/aromatic N) is 4. The Bertz CT molecular complexity index is 1180. The summed E-state index contributed by atoms with van der Waals surface area (Å²) in [6.45, 7) is 1.50. The van der Waals surface area contributed by atoms with E-state index in [1.165, 1.54) is 6.07 Å². The van der Waals surface area contributed by atoms with Crippen LogP contribution in [-0.4, -0.2) is 69.3 Å². The van der Waals surface area contributed by atoms with Crippen molar-refractivity contribution < 1.29 is 32.0 Å². The maximum Gasteiger partial charge on any atom is 0.471 e. The average molecular weight is 520 g/mol. The van der Waals surface area contributed by atoms with Crippen molar-refractivity contribution in [2.75, 3.05) is 13.2 Å². The van der Waals surface area contributed by atoms with Gasteiger partial charge in [-0.2, -0.15) is 18.2 Å². The maximum absolute atomic E-state index is 13.5. The van der Waals surface area contributed by atoms with Gasteiger partial charge in [0.05, 0.1) is 37.4 Å². The first-order valence-corrected chi connectivity index (χ1v) is 12.8. The van der Waals surface area contributed by atoms with Crippen LogP contribution in [0.15, 0.2) is 22.7 Å². The van der Waals surface area contributed by atoms with Crippen LogP contribution >= 0.6 is 0 Å². The fraction of sp³-hybridized carbons (Fsp3) is 0.600. The van der Waals surface area contributed by atoms with E-state index in [0.29, 0.717) is 25.3 Å². The molecule has 3 unspecified atom stereocenters. The first-order chi connectivity index (χ1) is 17.8. The standard InChI is InChI=1S/C25H28F3N5O4/c26-25(27,28)23-30-21(31-37-23)14-8-9-15-11-32(22(34)18(15)10-14)20-7-2-1-6-19(20)29-24(35)33-16-4-3-5-17(33)13-36-12-16/h8-10,16-17,19-20H,1-7,11-13H2,(H,29,35)/t16?,17?,19?,20-/m1/s1. The van der Waals surface area contributed by atoms with Crippen LogP contribution in [0.1, 0.15) is 66.8 Å². The maximum atomic E-state index is 13.5. The molecule has 2 aromatic rings. The third-order valence-corrected chi connectivity index (χ3v) is 8.02. The lowest BCUT2D eigenvalue weighted by Crippen LogP contribution is -2.63. The van der Waals surface area contributed by atoms with E-state index in [1.807, 2.05) is 4.90 Å². The lowest BCUT2D eigenvalue weighted by Gasteiger charge is -2.47. The van der Waals surface area contributed by atoms with E-state index < -0.39 is 12.1 Å². The van der Waals surface area contributed by atoms with Gasteiger partial charge in [-0.1, -0.05) is 30.1 Å². The highest BCUT2D eigenvalue weighted by Crippen LogP contribution is 2.35. The number of morpholine rings is 1. The number of rotatable bonds is 3. The number of piperidine rings is 1. The van der Waals surface area contributed by atoms with Crippen molar-refractivity contribution in [3.8, 4) is 11.4 Å². The van der Waals surface area contributed by atoms with Crippen molar-refractivity contribution in [2.45, 2.75) is 81.8 Å². The molecule has 198 valence electrons. The zero-order valence-electron chi connectivity index (χ0n) is 20.2. The van der Waals surface area contributed by atoms with Gasteiger partial charge in [0.2, 0.25) is 5.82 Å². The quantitative estimate of drug-likeness (QED) is 0.659. The zero-order valence-corrected chi connectivity index (χ0v) is 20.2. The lowest BCUT2D eigenvalue weighted by atomic mass is 9.89. The van der Waals surface area contributed by atoms with Gasteiger partial charge in [-0.3, -0.25) is 4.79 Å². The Labute approximate surface area is 211 Å². The molecule has 3 fully saturated rings. The van der Waals surface area contributed by atoms with Crippen molar-refractivity contribution in [2.24, 2.45) is 0 Å². The summed E-state index contributed by atoms with van der Waals surface area (Å²) < 4.78 is 48.6. The number of halogens is 3. The van der Waals surface area contributed by atoms with Gasteiger partial charge in [-0.05, 0) is 43.7 Å². The van der Waals surface area contributed by atoms with E-state index in [1.54, 1.807) is 17.0 Å². The molecule has 6 rings (SSSR count). The van der Waals surface area contributed by atoms with Crippen LogP contribution in [-0.2, 0) is 17.5 Å². The second kappa shape index (κ2) is 9.30. The predicted molar refractivity (Wildman–Crippen MR) is 123 cm³/mol. The average Bonchev–Trinajstić information content (AvgIpc) is 3.49. The van der Waals surface area contributed by atoms with Crippen LogP contribution in [0.2, 0.25) is 0 Å². The van der Waals surface area contributed by atoms with Crippen LogP contribution in [0.3, 0.4) is 0 Å². The molecule has 0 radical (unpaired) electrons. The van der Waals surface area contributed by atoms with Crippen molar-refractivity contribution >= 4 is 11.9 Å². The van der Waals surface area contributed by atoms with Gasteiger partial charge in [-0.25, -0.2) is 4.79 Å². The molecule has 9 nitrogen and oxygen atoms in total. The molecule has 1 N–H and O–H groups in total. The molecule has 2 bridgehead atoms. The Morgan fingerprint density at radius 2 is 1.81 bits per heavy atom. The number of carbonyl (C=O) groups is 2. The van der Waals surface area contributed by atoms with Crippen LogP contribution < -0.4 is 5.32 Å². The van der Waals surface area contributed by atoms with Gasteiger partial charge in [-0.15, -0.1) is 0 Å². The van der Waals surface area contributed by atoms with Crippen LogP contribution in [0.4, 0.5) is 18.0 Å². The molecule has 12 heteroatoms. The van der Waals surface area contributed by atoms with Gasteiger partial charge in [0, 0.05) is 17.7 Å². The number of urea groups is 1. The summed E-state index contributed by atoms with van der Waals surface area (Å²) in [7, 11) is 0. The van der Waals surface area contributed by atoms with Crippen molar-refractivity contribution in [1.82, 2.24) is 25.3 Å². The number of hydrogen-bond acceptors (Lipinski definition) is 6. The highest BCUT2D eigenvalue weighted by Gasteiger charge is 2.43. The molecule has 1 saturated carbocycles. The van der Waals surface area contributed by atoms with E-state index in [2.05, 4.69) is 20.0 Å². The Balaban J connectivity index is 1.19. The molecule has 0 spiro atoms. The predicted octanol–water partition coefficient (Wildman–Crippen LogP) is 3.99. The number of benzene rings is 1. The Morgan fingerprint density at radius 3 is 2.54 bits per heavy atom. The molecule has 1 aromatic heterocycles.